The van der Waals surface area contributed by atoms with E-state index in [0.29, 0.717) is 12.4 Å². The van der Waals surface area contributed by atoms with E-state index in [0.717, 1.165) is 35.2 Å². The molecule has 0 bridgehead atoms. The Labute approximate surface area is 168 Å². The van der Waals surface area contributed by atoms with E-state index in [9.17, 15) is 4.79 Å². The third-order valence-electron chi connectivity index (χ3n) is 4.66. The lowest BCUT2D eigenvalue weighted by Gasteiger charge is -2.15. The highest BCUT2D eigenvalue weighted by molar-refractivity contribution is 7.13. The molecule has 3 heterocycles. The number of anilines is 2. The largest absolute Gasteiger partial charge is 0.338 e. The van der Waals surface area contributed by atoms with Gasteiger partial charge in [0.2, 0.25) is 5.91 Å². The molecule has 1 aliphatic rings. The molecular weight excluding hydrogens is 370 g/mol. The van der Waals surface area contributed by atoms with Crippen LogP contribution in [0.3, 0.4) is 0 Å². The van der Waals surface area contributed by atoms with Crippen molar-refractivity contribution in [3.05, 3.63) is 71.1 Å². The lowest BCUT2D eigenvalue weighted by atomic mass is 10.0. The Morgan fingerprint density at radius 2 is 2.14 bits per heavy atom. The van der Waals surface area contributed by atoms with E-state index in [-0.39, 0.29) is 11.8 Å². The Hall–Kier alpha value is -3.06. The molecule has 0 spiro atoms. The average Bonchev–Trinajstić information content (AvgIpc) is 3.38. The first-order valence-electron chi connectivity index (χ1n) is 9.21. The molecule has 1 N–H and O–H groups in total. The smallest absolute Gasteiger partial charge is 0.246 e. The van der Waals surface area contributed by atoms with Gasteiger partial charge in [-0.3, -0.25) is 4.79 Å². The van der Waals surface area contributed by atoms with Crippen LogP contribution in [0, 0.1) is 6.92 Å². The van der Waals surface area contributed by atoms with Gasteiger partial charge in [-0.2, -0.15) is 0 Å². The number of aryl methyl sites for hydroxylation is 1. The van der Waals surface area contributed by atoms with E-state index < -0.39 is 0 Å². The highest BCUT2D eigenvalue weighted by Gasteiger charge is 2.27. The maximum atomic E-state index is 12.5. The monoisotopic (exact) mass is 391 g/mol. The third-order valence-corrected chi connectivity index (χ3v) is 5.35. The average molecular weight is 392 g/mol. The maximum absolute atomic E-state index is 12.5. The predicted octanol–water partition coefficient (Wildman–Crippen LogP) is 4.01. The number of carbonyl (C=O) groups is 1. The summed E-state index contributed by atoms with van der Waals surface area (Å²) in [5.74, 6) is 1.71. The molecule has 1 fully saturated rings. The van der Waals surface area contributed by atoms with Crippen molar-refractivity contribution in [2.45, 2.75) is 19.3 Å². The zero-order valence-corrected chi connectivity index (χ0v) is 16.4. The lowest BCUT2D eigenvalue weighted by Crippen LogP contribution is -2.26. The third kappa shape index (κ3) is 4.43. The lowest BCUT2D eigenvalue weighted by molar-refractivity contribution is -0.124. The molecule has 28 heavy (non-hydrogen) atoms. The van der Waals surface area contributed by atoms with Gasteiger partial charge in [0.15, 0.2) is 5.13 Å². The van der Waals surface area contributed by atoms with Crippen LogP contribution in [0.25, 0.3) is 6.08 Å². The van der Waals surface area contributed by atoms with E-state index in [1.165, 1.54) is 11.3 Å². The summed E-state index contributed by atoms with van der Waals surface area (Å²) in [7, 11) is 0. The minimum Gasteiger partial charge on any atom is -0.338 e. The van der Waals surface area contributed by atoms with Crippen molar-refractivity contribution in [1.82, 2.24) is 19.9 Å². The van der Waals surface area contributed by atoms with Gasteiger partial charge in [0.25, 0.3) is 0 Å². The van der Waals surface area contributed by atoms with Gasteiger partial charge in [-0.05, 0) is 25.0 Å². The molecule has 4 rings (SSSR count). The van der Waals surface area contributed by atoms with Gasteiger partial charge in [-0.1, -0.05) is 30.3 Å². The van der Waals surface area contributed by atoms with Gasteiger partial charge in [0.05, 0.1) is 5.69 Å². The first kappa shape index (κ1) is 18.3. The molecule has 7 heteroatoms. The van der Waals surface area contributed by atoms with Crippen LogP contribution in [0.1, 0.15) is 29.4 Å². The van der Waals surface area contributed by atoms with Crippen LogP contribution >= 0.6 is 11.3 Å². The first-order valence-corrected chi connectivity index (χ1v) is 10.1. The number of benzene rings is 1. The standard InChI is InChI=1S/C21H21N5OS/c1-15-23-18(13-19(24-15)25-21-22-10-12-28-21)17-9-11-26(14-17)20(27)8-7-16-5-3-2-4-6-16/h2-8,10,12-13,17H,9,11,14H2,1H3,(H,22,23,24,25)/b8-7+/t17-/m0/s1. The highest BCUT2D eigenvalue weighted by Crippen LogP contribution is 2.28. The molecule has 1 amide bonds. The predicted molar refractivity (Wildman–Crippen MR) is 112 cm³/mol. The Morgan fingerprint density at radius 1 is 1.29 bits per heavy atom. The summed E-state index contributed by atoms with van der Waals surface area (Å²) in [5.41, 5.74) is 1.99. The fourth-order valence-electron chi connectivity index (χ4n) is 3.30. The van der Waals surface area contributed by atoms with Crippen LogP contribution < -0.4 is 5.32 Å². The van der Waals surface area contributed by atoms with Crippen LogP contribution in [0.15, 0.2) is 54.1 Å². The van der Waals surface area contributed by atoms with Crippen molar-refractivity contribution >= 4 is 34.3 Å². The van der Waals surface area contributed by atoms with Gasteiger partial charge in [0, 0.05) is 42.7 Å². The molecule has 0 unspecified atom stereocenters. The summed E-state index contributed by atoms with van der Waals surface area (Å²) in [4.78, 5) is 27.7. The summed E-state index contributed by atoms with van der Waals surface area (Å²) >= 11 is 1.53. The summed E-state index contributed by atoms with van der Waals surface area (Å²) in [6.45, 7) is 3.29. The van der Waals surface area contributed by atoms with Crippen molar-refractivity contribution in [3.8, 4) is 0 Å². The van der Waals surface area contributed by atoms with Crippen molar-refractivity contribution < 1.29 is 4.79 Å². The van der Waals surface area contributed by atoms with Crippen LogP contribution in [0.5, 0.6) is 0 Å². The second kappa shape index (κ2) is 8.31. The molecule has 6 nitrogen and oxygen atoms in total. The maximum Gasteiger partial charge on any atom is 0.246 e. The number of rotatable bonds is 5. The van der Waals surface area contributed by atoms with E-state index in [1.807, 2.05) is 59.7 Å². The van der Waals surface area contributed by atoms with Gasteiger partial charge in [-0.25, -0.2) is 15.0 Å². The SMILES string of the molecule is Cc1nc(Nc2nccs2)cc([C@H]2CCN(C(=O)/C=C/c3ccccc3)C2)n1. The number of hydrogen-bond acceptors (Lipinski definition) is 6. The number of likely N-dealkylation sites (tertiary alicyclic amines) is 1. The molecule has 0 radical (unpaired) electrons. The molecule has 2 aromatic heterocycles. The number of amides is 1. The molecule has 142 valence electrons. The van der Waals surface area contributed by atoms with E-state index in [2.05, 4.69) is 20.3 Å². The van der Waals surface area contributed by atoms with Crippen molar-refractivity contribution in [1.29, 1.82) is 0 Å². The second-order valence-corrected chi connectivity index (χ2v) is 7.60. The van der Waals surface area contributed by atoms with Crippen molar-refractivity contribution in [3.63, 3.8) is 0 Å². The molecular formula is C21H21N5OS. The zero-order valence-electron chi connectivity index (χ0n) is 15.6. The Morgan fingerprint density at radius 3 is 2.93 bits per heavy atom. The van der Waals surface area contributed by atoms with Crippen LogP contribution in [-0.4, -0.2) is 38.8 Å². The van der Waals surface area contributed by atoms with Crippen molar-refractivity contribution in [2.75, 3.05) is 18.4 Å². The van der Waals surface area contributed by atoms with Gasteiger partial charge < -0.3 is 10.2 Å². The minimum atomic E-state index is 0.0401. The summed E-state index contributed by atoms with van der Waals surface area (Å²) in [5, 5.41) is 5.95. The van der Waals surface area contributed by atoms with Crippen LogP contribution in [0.4, 0.5) is 10.9 Å². The second-order valence-electron chi connectivity index (χ2n) is 6.70. The van der Waals surface area contributed by atoms with Crippen LogP contribution in [0.2, 0.25) is 0 Å². The van der Waals surface area contributed by atoms with Crippen LogP contribution in [-0.2, 0) is 4.79 Å². The fraction of sp³-hybridized carbons (Fsp3) is 0.238. The topological polar surface area (TPSA) is 71.0 Å². The summed E-state index contributed by atoms with van der Waals surface area (Å²) < 4.78 is 0. The molecule has 1 saturated heterocycles. The minimum absolute atomic E-state index is 0.0401. The number of nitrogens with one attached hydrogen (secondary N) is 1. The Kier molecular flexibility index (Phi) is 5.43. The number of nitrogens with zero attached hydrogens (tertiary/aromatic N) is 4. The summed E-state index contributed by atoms with van der Waals surface area (Å²) in [6, 6.07) is 11.8. The normalized spacial score (nSPS) is 16.6. The van der Waals surface area contributed by atoms with E-state index in [4.69, 9.17) is 0 Å². The number of hydrogen-bond donors (Lipinski definition) is 1. The van der Waals surface area contributed by atoms with Gasteiger partial charge in [-0.15, -0.1) is 11.3 Å². The van der Waals surface area contributed by atoms with E-state index in [1.54, 1.807) is 12.3 Å². The molecule has 1 aromatic carbocycles. The molecule has 0 aliphatic carbocycles. The van der Waals surface area contributed by atoms with Gasteiger partial charge >= 0.3 is 0 Å². The molecule has 1 aliphatic heterocycles. The number of carbonyl (C=O) groups excluding carboxylic acids is 1. The molecule has 0 saturated carbocycles. The highest BCUT2D eigenvalue weighted by atomic mass is 32.1. The number of thiazole rings is 1. The summed E-state index contributed by atoms with van der Waals surface area (Å²) in [6.07, 6.45) is 6.17. The van der Waals surface area contributed by atoms with Gasteiger partial charge in [0.1, 0.15) is 11.6 Å². The Balaban J connectivity index is 1.43. The Bertz CT molecular complexity index is 972. The number of aromatic nitrogens is 3. The molecule has 1 atom stereocenters. The quantitative estimate of drug-likeness (QED) is 0.665. The molecule has 3 aromatic rings. The van der Waals surface area contributed by atoms with E-state index >= 15 is 0 Å². The van der Waals surface area contributed by atoms with Crippen molar-refractivity contribution in [2.24, 2.45) is 0 Å². The fourth-order valence-corrected chi connectivity index (χ4v) is 3.83. The zero-order chi connectivity index (χ0) is 19.3. The first-order chi connectivity index (χ1) is 13.7.